The standard InChI is InChI=1S/C17H24N2O2/c1-13(14-10-11-14)19(2)16(20)9-6-12-18-17(21)15-7-4-3-5-8-15/h3-5,7-8,13-14H,6,9-12H2,1-2H3,(H,18,21). The number of hydrogen-bond acceptors (Lipinski definition) is 2. The van der Waals surface area contributed by atoms with Crippen LogP contribution in [0.3, 0.4) is 0 Å². The fraction of sp³-hybridized carbons (Fsp3) is 0.529. The number of carbonyl (C=O) groups excluding carboxylic acids is 2. The minimum absolute atomic E-state index is 0.0808. The molecule has 0 aromatic heterocycles. The average Bonchev–Trinajstić information content (AvgIpc) is 3.35. The summed E-state index contributed by atoms with van der Waals surface area (Å²) in [6, 6.07) is 9.47. The molecule has 1 aromatic carbocycles. The lowest BCUT2D eigenvalue weighted by Crippen LogP contribution is -2.36. The number of hydrogen-bond donors (Lipinski definition) is 1. The SMILES string of the molecule is CC(C1CC1)N(C)C(=O)CCCNC(=O)c1ccccc1. The molecule has 4 heteroatoms. The van der Waals surface area contributed by atoms with E-state index in [1.54, 1.807) is 12.1 Å². The largest absolute Gasteiger partial charge is 0.352 e. The number of amides is 2. The van der Waals surface area contributed by atoms with Crippen LogP contribution in [0.4, 0.5) is 0 Å². The minimum atomic E-state index is -0.0808. The monoisotopic (exact) mass is 288 g/mol. The van der Waals surface area contributed by atoms with Crippen LogP contribution in [0.1, 0.15) is 43.0 Å². The van der Waals surface area contributed by atoms with Crippen LogP contribution in [0, 0.1) is 5.92 Å². The Labute approximate surface area is 126 Å². The molecule has 1 aliphatic rings. The fourth-order valence-electron chi connectivity index (χ4n) is 2.43. The van der Waals surface area contributed by atoms with E-state index in [9.17, 15) is 9.59 Å². The van der Waals surface area contributed by atoms with Gasteiger partial charge in [0.25, 0.3) is 5.91 Å². The van der Waals surface area contributed by atoms with Gasteiger partial charge < -0.3 is 10.2 Å². The maximum Gasteiger partial charge on any atom is 0.251 e. The molecule has 21 heavy (non-hydrogen) atoms. The smallest absolute Gasteiger partial charge is 0.251 e. The van der Waals surface area contributed by atoms with Gasteiger partial charge in [0.1, 0.15) is 0 Å². The van der Waals surface area contributed by atoms with Crippen LogP contribution in [0.15, 0.2) is 30.3 Å². The zero-order valence-electron chi connectivity index (χ0n) is 12.8. The van der Waals surface area contributed by atoms with Gasteiger partial charge in [0.05, 0.1) is 0 Å². The first-order valence-corrected chi connectivity index (χ1v) is 7.68. The molecule has 1 fully saturated rings. The molecular weight excluding hydrogens is 264 g/mol. The van der Waals surface area contributed by atoms with Crippen LogP contribution in [-0.4, -0.2) is 36.3 Å². The van der Waals surface area contributed by atoms with Crippen molar-refractivity contribution in [2.24, 2.45) is 5.92 Å². The summed E-state index contributed by atoms with van der Waals surface area (Å²) in [4.78, 5) is 25.7. The van der Waals surface area contributed by atoms with Crippen molar-refractivity contribution >= 4 is 11.8 Å². The summed E-state index contributed by atoms with van der Waals surface area (Å²) >= 11 is 0. The molecule has 1 N–H and O–H groups in total. The van der Waals surface area contributed by atoms with Gasteiger partial charge in [-0.05, 0) is 44.2 Å². The van der Waals surface area contributed by atoms with E-state index >= 15 is 0 Å². The summed E-state index contributed by atoms with van der Waals surface area (Å²) in [5, 5.41) is 2.85. The lowest BCUT2D eigenvalue weighted by molar-refractivity contribution is -0.132. The van der Waals surface area contributed by atoms with Gasteiger partial charge in [-0.1, -0.05) is 18.2 Å². The quantitative estimate of drug-likeness (QED) is 0.784. The summed E-state index contributed by atoms with van der Waals surface area (Å²) in [6.45, 7) is 2.65. The van der Waals surface area contributed by atoms with Crippen molar-refractivity contribution in [3.05, 3.63) is 35.9 Å². The Balaban J connectivity index is 1.65. The van der Waals surface area contributed by atoms with Crippen LogP contribution < -0.4 is 5.32 Å². The highest BCUT2D eigenvalue weighted by molar-refractivity contribution is 5.94. The summed E-state index contributed by atoms with van der Waals surface area (Å²) in [6.07, 6.45) is 3.65. The highest BCUT2D eigenvalue weighted by Crippen LogP contribution is 2.34. The van der Waals surface area contributed by atoms with Gasteiger partial charge in [0.15, 0.2) is 0 Å². The molecule has 0 saturated heterocycles. The van der Waals surface area contributed by atoms with Gasteiger partial charge in [-0.3, -0.25) is 9.59 Å². The molecule has 0 heterocycles. The molecule has 0 aliphatic heterocycles. The zero-order chi connectivity index (χ0) is 15.2. The Morgan fingerprint density at radius 3 is 2.57 bits per heavy atom. The third-order valence-electron chi connectivity index (χ3n) is 4.20. The summed E-state index contributed by atoms with van der Waals surface area (Å²) in [5.41, 5.74) is 0.656. The van der Waals surface area contributed by atoms with E-state index < -0.39 is 0 Å². The first-order valence-electron chi connectivity index (χ1n) is 7.68. The van der Waals surface area contributed by atoms with Crippen molar-refractivity contribution in [3.63, 3.8) is 0 Å². The number of nitrogens with zero attached hydrogens (tertiary/aromatic N) is 1. The predicted molar refractivity (Wildman–Crippen MR) is 83.0 cm³/mol. The summed E-state index contributed by atoms with van der Waals surface area (Å²) in [7, 11) is 1.88. The highest BCUT2D eigenvalue weighted by atomic mass is 16.2. The van der Waals surface area contributed by atoms with Crippen molar-refractivity contribution in [1.29, 1.82) is 0 Å². The number of carbonyl (C=O) groups is 2. The molecule has 0 bridgehead atoms. The number of benzene rings is 1. The number of rotatable bonds is 7. The van der Waals surface area contributed by atoms with Gasteiger partial charge >= 0.3 is 0 Å². The fourth-order valence-corrected chi connectivity index (χ4v) is 2.43. The Hall–Kier alpha value is -1.84. The molecular formula is C17H24N2O2. The Morgan fingerprint density at radius 2 is 1.95 bits per heavy atom. The predicted octanol–water partition coefficient (Wildman–Crippen LogP) is 2.45. The molecule has 0 spiro atoms. The maximum absolute atomic E-state index is 12.0. The Morgan fingerprint density at radius 1 is 1.29 bits per heavy atom. The second-order valence-corrected chi connectivity index (χ2v) is 5.81. The molecule has 114 valence electrons. The zero-order valence-corrected chi connectivity index (χ0v) is 12.8. The van der Waals surface area contributed by atoms with Crippen molar-refractivity contribution in [1.82, 2.24) is 10.2 Å². The van der Waals surface area contributed by atoms with Crippen molar-refractivity contribution < 1.29 is 9.59 Å². The van der Waals surface area contributed by atoms with E-state index in [1.165, 1.54) is 12.8 Å². The first-order chi connectivity index (χ1) is 10.1. The molecule has 1 aliphatic carbocycles. The van der Waals surface area contributed by atoms with Gasteiger partial charge in [-0.25, -0.2) is 0 Å². The van der Waals surface area contributed by atoms with Crippen molar-refractivity contribution in [2.75, 3.05) is 13.6 Å². The van der Waals surface area contributed by atoms with E-state index in [2.05, 4.69) is 12.2 Å². The molecule has 2 amide bonds. The average molecular weight is 288 g/mol. The Kier molecular flexibility index (Phi) is 5.37. The second-order valence-electron chi connectivity index (χ2n) is 5.81. The van der Waals surface area contributed by atoms with E-state index in [4.69, 9.17) is 0 Å². The van der Waals surface area contributed by atoms with Gasteiger partial charge in [0, 0.05) is 31.6 Å². The summed E-state index contributed by atoms with van der Waals surface area (Å²) in [5.74, 6) is 0.780. The molecule has 1 aromatic rings. The van der Waals surface area contributed by atoms with E-state index in [-0.39, 0.29) is 11.8 Å². The van der Waals surface area contributed by atoms with Crippen LogP contribution >= 0.6 is 0 Å². The third kappa shape index (κ3) is 4.59. The van der Waals surface area contributed by atoms with Gasteiger partial charge in [0.2, 0.25) is 5.91 Å². The van der Waals surface area contributed by atoms with Gasteiger partial charge in [-0.15, -0.1) is 0 Å². The third-order valence-corrected chi connectivity index (χ3v) is 4.20. The van der Waals surface area contributed by atoms with Crippen LogP contribution in [-0.2, 0) is 4.79 Å². The lowest BCUT2D eigenvalue weighted by atomic mass is 10.1. The first kappa shape index (κ1) is 15.5. The van der Waals surface area contributed by atoms with E-state index in [0.717, 1.165) is 0 Å². The second kappa shape index (κ2) is 7.25. The minimum Gasteiger partial charge on any atom is -0.352 e. The summed E-state index contributed by atoms with van der Waals surface area (Å²) < 4.78 is 0. The Bertz CT molecular complexity index is 483. The van der Waals surface area contributed by atoms with Gasteiger partial charge in [-0.2, -0.15) is 0 Å². The topological polar surface area (TPSA) is 49.4 Å². The molecule has 4 nitrogen and oxygen atoms in total. The van der Waals surface area contributed by atoms with Crippen LogP contribution in [0.5, 0.6) is 0 Å². The molecule has 1 atom stereocenters. The normalized spacial score (nSPS) is 15.3. The molecule has 1 unspecified atom stereocenters. The van der Waals surface area contributed by atoms with Crippen molar-refractivity contribution in [2.45, 2.75) is 38.6 Å². The highest BCUT2D eigenvalue weighted by Gasteiger charge is 2.32. The molecule has 0 radical (unpaired) electrons. The molecule has 2 rings (SSSR count). The lowest BCUT2D eigenvalue weighted by Gasteiger charge is -2.24. The maximum atomic E-state index is 12.0. The van der Waals surface area contributed by atoms with Crippen molar-refractivity contribution in [3.8, 4) is 0 Å². The molecule has 1 saturated carbocycles. The van der Waals surface area contributed by atoms with Crippen LogP contribution in [0.2, 0.25) is 0 Å². The van der Waals surface area contributed by atoms with E-state index in [0.29, 0.717) is 36.9 Å². The van der Waals surface area contributed by atoms with Crippen LogP contribution in [0.25, 0.3) is 0 Å². The number of nitrogens with one attached hydrogen (secondary N) is 1. The van der Waals surface area contributed by atoms with E-state index in [1.807, 2.05) is 30.1 Å².